The molecule has 2 heterocycles. The van der Waals surface area contributed by atoms with E-state index in [1.807, 2.05) is 0 Å². The quantitative estimate of drug-likeness (QED) is 0.168. The molecule has 37 heavy (non-hydrogen) atoms. The molecule has 13 nitrogen and oxygen atoms in total. The Balaban J connectivity index is 1.77. The van der Waals surface area contributed by atoms with Gasteiger partial charge in [0.25, 0.3) is 17.2 Å². The third-order valence-electron chi connectivity index (χ3n) is 5.16. The Morgan fingerprint density at radius 3 is 2.46 bits per heavy atom. The van der Waals surface area contributed by atoms with Crippen LogP contribution in [0.25, 0.3) is 11.0 Å². The summed E-state index contributed by atoms with van der Waals surface area (Å²) in [6, 6.07) is 12.7. The fourth-order valence-corrected chi connectivity index (χ4v) is 3.39. The van der Waals surface area contributed by atoms with Crippen LogP contribution < -0.4 is 16.3 Å². The molecule has 0 saturated heterocycles. The first-order valence-electron chi connectivity index (χ1n) is 10.8. The Kier molecular flexibility index (Phi) is 7.06. The van der Waals surface area contributed by atoms with Crippen LogP contribution in [0, 0.1) is 10.1 Å². The standard InChI is InChI=1S/C24H19N7O6/c1-13(32)26-16-4-2-14(3-5-16)22(33)20(29-30-23(34)15-8-10-25-11-9-15)21-24(35)28-19-12-17(31(36)37)6-7-18(19)27-21/h2-12,22,33H,1H3,(H,26,32)(H,28,35)(H,30,34)/b29-20+/t22-/m1/s1. The van der Waals surface area contributed by atoms with Crippen LogP contribution in [0.4, 0.5) is 11.4 Å². The Bertz CT molecular complexity index is 1580. The monoisotopic (exact) mass is 501 g/mol. The molecule has 4 N–H and O–H groups in total. The van der Waals surface area contributed by atoms with Crippen molar-refractivity contribution in [2.24, 2.45) is 5.10 Å². The Morgan fingerprint density at radius 2 is 1.81 bits per heavy atom. The molecule has 4 aromatic rings. The molecule has 13 heteroatoms. The lowest BCUT2D eigenvalue weighted by Gasteiger charge is -2.15. The highest BCUT2D eigenvalue weighted by Gasteiger charge is 2.24. The van der Waals surface area contributed by atoms with Crippen LogP contribution >= 0.6 is 0 Å². The fourth-order valence-electron chi connectivity index (χ4n) is 3.39. The molecule has 2 amide bonds. The molecule has 0 radical (unpaired) electrons. The van der Waals surface area contributed by atoms with Crippen LogP contribution in [0.3, 0.4) is 0 Å². The second-order valence-electron chi connectivity index (χ2n) is 7.75. The summed E-state index contributed by atoms with van der Waals surface area (Å²) in [6.07, 6.45) is 1.31. The van der Waals surface area contributed by atoms with Gasteiger partial charge in [0, 0.05) is 42.7 Å². The summed E-state index contributed by atoms with van der Waals surface area (Å²) in [6.45, 7) is 1.35. The smallest absolute Gasteiger partial charge is 0.276 e. The highest BCUT2D eigenvalue weighted by atomic mass is 16.6. The van der Waals surface area contributed by atoms with E-state index in [1.165, 1.54) is 55.7 Å². The van der Waals surface area contributed by atoms with Crippen LogP contribution in [0.15, 0.2) is 76.9 Å². The summed E-state index contributed by atoms with van der Waals surface area (Å²) in [5.41, 5.74) is 1.99. The number of pyridine rings is 1. The van der Waals surface area contributed by atoms with E-state index in [0.29, 0.717) is 5.69 Å². The second-order valence-corrected chi connectivity index (χ2v) is 7.75. The maximum Gasteiger partial charge on any atom is 0.276 e. The number of nitrogens with one attached hydrogen (secondary N) is 3. The van der Waals surface area contributed by atoms with Crippen molar-refractivity contribution >= 4 is 39.9 Å². The maximum absolute atomic E-state index is 12.9. The number of hydrogen-bond donors (Lipinski definition) is 4. The highest BCUT2D eigenvalue weighted by molar-refractivity contribution is 6.04. The predicted octanol–water partition coefficient (Wildman–Crippen LogP) is 2.05. The number of hydrogen-bond acceptors (Lipinski definition) is 9. The van der Waals surface area contributed by atoms with Gasteiger partial charge in [0.1, 0.15) is 11.8 Å². The first-order valence-corrected chi connectivity index (χ1v) is 10.8. The largest absolute Gasteiger partial charge is 0.382 e. The Hall–Kier alpha value is -5.30. The molecule has 0 aliphatic carbocycles. The minimum Gasteiger partial charge on any atom is -0.382 e. The van der Waals surface area contributed by atoms with Gasteiger partial charge in [-0.2, -0.15) is 5.10 Å². The molecule has 0 unspecified atom stereocenters. The van der Waals surface area contributed by atoms with Gasteiger partial charge in [-0.05, 0) is 35.9 Å². The van der Waals surface area contributed by atoms with E-state index in [4.69, 9.17) is 0 Å². The fraction of sp³-hybridized carbons (Fsp3) is 0.0833. The van der Waals surface area contributed by atoms with E-state index >= 15 is 0 Å². The minimum absolute atomic E-state index is 0.109. The number of H-pyrrole nitrogens is 1. The van der Waals surface area contributed by atoms with E-state index in [-0.39, 0.29) is 45.2 Å². The number of aliphatic hydroxyl groups is 1. The van der Waals surface area contributed by atoms with Crippen molar-refractivity contribution < 1.29 is 19.6 Å². The van der Waals surface area contributed by atoms with E-state index < -0.39 is 22.5 Å². The number of anilines is 1. The van der Waals surface area contributed by atoms with Gasteiger partial charge in [-0.25, -0.2) is 10.4 Å². The average Bonchev–Trinajstić information content (AvgIpc) is 2.89. The zero-order valence-corrected chi connectivity index (χ0v) is 19.2. The molecule has 186 valence electrons. The number of carbonyl (C=O) groups is 2. The molecular formula is C24H19N7O6. The zero-order valence-electron chi connectivity index (χ0n) is 19.2. The van der Waals surface area contributed by atoms with Crippen LogP contribution in [-0.4, -0.2) is 42.5 Å². The minimum atomic E-state index is -1.52. The average molecular weight is 501 g/mol. The normalized spacial score (nSPS) is 12.1. The predicted molar refractivity (Wildman–Crippen MR) is 133 cm³/mol. The number of nitrogens with zero attached hydrogens (tertiary/aromatic N) is 4. The number of aromatic amines is 1. The van der Waals surface area contributed by atoms with Gasteiger partial charge in [-0.1, -0.05) is 12.1 Å². The number of nitro benzene ring substituents is 1. The van der Waals surface area contributed by atoms with Crippen molar-refractivity contribution in [2.75, 3.05) is 5.32 Å². The van der Waals surface area contributed by atoms with Crippen molar-refractivity contribution in [3.8, 4) is 0 Å². The molecule has 0 spiro atoms. The third-order valence-corrected chi connectivity index (χ3v) is 5.16. The first-order chi connectivity index (χ1) is 17.7. The molecule has 0 aliphatic rings. The highest BCUT2D eigenvalue weighted by Crippen LogP contribution is 2.22. The van der Waals surface area contributed by atoms with Gasteiger partial charge in [-0.3, -0.25) is 29.5 Å². The van der Waals surface area contributed by atoms with Crippen molar-refractivity contribution in [2.45, 2.75) is 13.0 Å². The molecule has 1 atom stereocenters. The van der Waals surface area contributed by atoms with Gasteiger partial charge in [0.15, 0.2) is 5.69 Å². The lowest BCUT2D eigenvalue weighted by molar-refractivity contribution is -0.384. The lowest BCUT2D eigenvalue weighted by Crippen LogP contribution is -2.29. The number of amides is 2. The molecule has 2 aromatic carbocycles. The maximum atomic E-state index is 12.9. The number of nitro groups is 1. The van der Waals surface area contributed by atoms with Crippen LogP contribution in [-0.2, 0) is 4.79 Å². The van der Waals surface area contributed by atoms with E-state index in [1.54, 1.807) is 12.1 Å². The van der Waals surface area contributed by atoms with E-state index in [2.05, 4.69) is 30.8 Å². The molecular weight excluding hydrogens is 482 g/mol. The van der Waals surface area contributed by atoms with Crippen LogP contribution in [0.5, 0.6) is 0 Å². The molecule has 0 saturated carbocycles. The van der Waals surface area contributed by atoms with E-state index in [0.717, 1.165) is 6.07 Å². The number of hydrazone groups is 1. The van der Waals surface area contributed by atoms with Gasteiger partial charge >= 0.3 is 0 Å². The van der Waals surface area contributed by atoms with Crippen molar-refractivity contribution in [3.05, 3.63) is 104 Å². The number of aliphatic hydroxyl groups excluding tert-OH is 1. The number of fused-ring (bicyclic) bond motifs is 1. The molecule has 0 fully saturated rings. The van der Waals surface area contributed by atoms with Gasteiger partial charge in [-0.15, -0.1) is 0 Å². The van der Waals surface area contributed by atoms with Crippen LogP contribution in [0.1, 0.15) is 34.6 Å². The number of benzene rings is 2. The summed E-state index contributed by atoms with van der Waals surface area (Å²) < 4.78 is 0. The molecule has 4 rings (SSSR count). The van der Waals surface area contributed by atoms with Crippen LogP contribution in [0.2, 0.25) is 0 Å². The van der Waals surface area contributed by atoms with Crippen molar-refractivity contribution in [1.82, 2.24) is 20.4 Å². The van der Waals surface area contributed by atoms with Crippen molar-refractivity contribution in [3.63, 3.8) is 0 Å². The topological polar surface area (TPSA) is 193 Å². The third kappa shape index (κ3) is 5.68. The summed E-state index contributed by atoms with van der Waals surface area (Å²) >= 11 is 0. The van der Waals surface area contributed by atoms with Gasteiger partial charge < -0.3 is 15.4 Å². The molecule has 0 aliphatic heterocycles. The molecule has 0 bridgehead atoms. The zero-order chi connectivity index (χ0) is 26.5. The number of aromatic nitrogens is 3. The lowest BCUT2D eigenvalue weighted by atomic mass is 10.0. The van der Waals surface area contributed by atoms with Gasteiger partial charge in [0.05, 0.1) is 16.0 Å². The summed E-state index contributed by atoms with van der Waals surface area (Å²) in [4.78, 5) is 57.8. The first kappa shape index (κ1) is 24.8. The SMILES string of the molecule is CC(=O)Nc1ccc([C@@H](O)/C(=N/NC(=O)c2ccncc2)c2nc3ccc([N+](=O)[O-])cc3[nH]c2=O)cc1. The number of carbonyl (C=O) groups excluding carboxylic acids is 2. The summed E-state index contributed by atoms with van der Waals surface area (Å²) in [7, 11) is 0. The van der Waals surface area contributed by atoms with Gasteiger partial charge in [0.2, 0.25) is 5.91 Å². The van der Waals surface area contributed by atoms with E-state index in [9.17, 15) is 29.6 Å². The second kappa shape index (κ2) is 10.5. The summed E-state index contributed by atoms with van der Waals surface area (Å²) in [5, 5.41) is 28.8. The summed E-state index contributed by atoms with van der Waals surface area (Å²) in [5.74, 6) is -0.901. The Morgan fingerprint density at radius 1 is 1.11 bits per heavy atom. The number of rotatable bonds is 7. The Labute approximate surface area is 208 Å². The number of non-ortho nitro benzene ring substituents is 1. The molecule has 2 aromatic heterocycles. The van der Waals surface area contributed by atoms with Crippen molar-refractivity contribution in [1.29, 1.82) is 0 Å².